The van der Waals surface area contributed by atoms with Crippen LogP contribution in [0, 0.1) is 5.92 Å². The topological polar surface area (TPSA) is 84.9 Å². The van der Waals surface area contributed by atoms with Gasteiger partial charge >= 0.3 is 12.1 Å². The summed E-state index contributed by atoms with van der Waals surface area (Å²) in [6.45, 7) is 7.46. The van der Waals surface area contributed by atoms with E-state index in [9.17, 15) is 9.59 Å². The Labute approximate surface area is 108 Å². The summed E-state index contributed by atoms with van der Waals surface area (Å²) in [6.07, 6.45) is -0.429. The Morgan fingerprint density at radius 3 is 2.28 bits per heavy atom. The van der Waals surface area contributed by atoms with Gasteiger partial charge in [0.25, 0.3) is 0 Å². The highest BCUT2D eigenvalue weighted by Crippen LogP contribution is 2.10. The molecule has 0 saturated carbocycles. The standard InChI is InChI=1S/C12H23NO5/c1-8(7-17-5)6-9(10(14)15)13-11(16)18-12(2,3)4/h8-9H,6-7H2,1-5H3,(H,13,16)(H,14,15). The third-order valence-electron chi connectivity index (χ3n) is 2.08. The highest BCUT2D eigenvalue weighted by atomic mass is 16.6. The third-order valence-corrected chi connectivity index (χ3v) is 2.08. The smallest absolute Gasteiger partial charge is 0.408 e. The zero-order valence-corrected chi connectivity index (χ0v) is 11.6. The average Bonchev–Trinajstić information content (AvgIpc) is 2.13. The minimum absolute atomic E-state index is 0.0334. The third kappa shape index (κ3) is 7.89. The number of aliphatic carboxylic acids is 1. The SMILES string of the molecule is COCC(C)CC(NC(=O)OC(C)(C)C)C(=O)O. The lowest BCUT2D eigenvalue weighted by Crippen LogP contribution is -2.44. The summed E-state index contributed by atoms with van der Waals surface area (Å²) in [5.41, 5.74) is -0.648. The Hall–Kier alpha value is -1.30. The molecule has 18 heavy (non-hydrogen) atoms. The minimum Gasteiger partial charge on any atom is -0.480 e. The van der Waals surface area contributed by atoms with Gasteiger partial charge in [0.05, 0.1) is 0 Å². The molecule has 0 aliphatic rings. The first-order valence-electron chi connectivity index (χ1n) is 5.87. The first-order valence-corrected chi connectivity index (χ1v) is 5.87. The number of hydrogen-bond donors (Lipinski definition) is 2. The number of methoxy groups -OCH3 is 1. The molecule has 6 heteroatoms. The highest BCUT2D eigenvalue weighted by Gasteiger charge is 2.25. The van der Waals surface area contributed by atoms with Gasteiger partial charge < -0.3 is 19.9 Å². The molecule has 0 aromatic carbocycles. The maximum atomic E-state index is 11.5. The molecule has 106 valence electrons. The van der Waals surface area contributed by atoms with Crippen molar-refractivity contribution in [2.75, 3.05) is 13.7 Å². The Kier molecular flexibility index (Phi) is 6.68. The number of carbonyl (C=O) groups is 2. The van der Waals surface area contributed by atoms with Crippen molar-refractivity contribution in [1.82, 2.24) is 5.32 Å². The molecule has 0 saturated heterocycles. The number of carboxylic acid groups (broad SMARTS) is 1. The molecular weight excluding hydrogens is 238 g/mol. The molecule has 0 heterocycles. The molecule has 0 radical (unpaired) electrons. The predicted molar refractivity (Wildman–Crippen MR) is 66.5 cm³/mol. The van der Waals surface area contributed by atoms with E-state index in [0.717, 1.165) is 0 Å². The highest BCUT2D eigenvalue weighted by molar-refractivity contribution is 5.79. The molecule has 6 nitrogen and oxygen atoms in total. The fourth-order valence-corrected chi connectivity index (χ4v) is 1.43. The van der Waals surface area contributed by atoms with Crippen LogP contribution in [0.2, 0.25) is 0 Å². The second-order valence-electron chi connectivity index (χ2n) is 5.33. The molecule has 0 aliphatic heterocycles. The summed E-state index contributed by atoms with van der Waals surface area (Å²) in [5, 5.41) is 11.4. The van der Waals surface area contributed by atoms with E-state index < -0.39 is 23.7 Å². The fraction of sp³-hybridized carbons (Fsp3) is 0.833. The molecule has 0 aromatic heterocycles. The number of ether oxygens (including phenoxy) is 2. The van der Waals surface area contributed by atoms with Gasteiger partial charge in [-0.1, -0.05) is 6.92 Å². The molecule has 0 rings (SSSR count). The van der Waals surface area contributed by atoms with Gasteiger partial charge in [0.2, 0.25) is 0 Å². The molecule has 0 spiro atoms. The van der Waals surface area contributed by atoms with E-state index in [1.54, 1.807) is 27.9 Å². The molecule has 0 aromatic rings. The van der Waals surface area contributed by atoms with Crippen molar-refractivity contribution < 1.29 is 24.2 Å². The Morgan fingerprint density at radius 1 is 1.33 bits per heavy atom. The van der Waals surface area contributed by atoms with Crippen LogP contribution in [0.15, 0.2) is 0 Å². The molecule has 0 fully saturated rings. The van der Waals surface area contributed by atoms with Gasteiger partial charge in [0.15, 0.2) is 0 Å². The maximum absolute atomic E-state index is 11.5. The van der Waals surface area contributed by atoms with Crippen molar-refractivity contribution in [2.45, 2.75) is 45.8 Å². The Bertz CT molecular complexity index is 285. The summed E-state index contributed by atoms with van der Waals surface area (Å²) >= 11 is 0. The minimum atomic E-state index is -1.08. The van der Waals surface area contributed by atoms with Gasteiger partial charge in [-0.2, -0.15) is 0 Å². The predicted octanol–water partition coefficient (Wildman–Crippen LogP) is 1.64. The molecule has 0 aliphatic carbocycles. The van der Waals surface area contributed by atoms with Crippen LogP contribution in [-0.2, 0) is 14.3 Å². The average molecular weight is 261 g/mol. The van der Waals surface area contributed by atoms with Gasteiger partial charge in [0.1, 0.15) is 11.6 Å². The monoisotopic (exact) mass is 261 g/mol. The summed E-state index contributed by atoms with van der Waals surface area (Å²) in [4.78, 5) is 22.5. The van der Waals surface area contributed by atoms with Gasteiger partial charge in [-0.25, -0.2) is 9.59 Å². The number of amides is 1. The van der Waals surface area contributed by atoms with E-state index in [2.05, 4.69) is 5.32 Å². The van der Waals surface area contributed by atoms with E-state index in [1.165, 1.54) is 0 Å². The second kappa shape index (κ2) is 7.20. The van der Waals surface area contributed by atoms with Crippen LogP contribution < -0.4 is 5.32 Å². The zero-order chi connectivity index (χ0) is 14.3. The number of hydrogen-bond acceptors (Lipinski definition) is 4. The van der Waals surface area contributed by atoms with Crippen LogP contribution >= 0.6 is 0 Å². The van der Waals surface area contributed by atoms with Crippen molar-refractivity contribution in [3.63, 3.8) is 0 Å². The number of alkyl carbamates (subject to hydrolysis) is 1. The van der Waals surface area contributed by atoms with E-state index in [4.69, 9.17) is 14.6 Å². The van der Waals surface area contributed by atoms with E-state index in [-0.39, 0.29) is 5.92 Å². The molecule has 2 unspecified atom stereocenters. The molecule has 1 amide bonds. The van der Waals surface area contributed by atoms with Crippen molar-refractivity contribution in [1.29, 1.82) is 0 Å². The summed E-state index contributed by atoms with van der Waals surface area (Å²) < 4.78 is 9.95. The summed E-state index contributed by atoms with van der Waals surface area (Å²) in [6, 6.07) is -0.968. The summed E-state index contributed by atoms with van der Waals surface area (Å²) in [5.74, 6) is -1.05. The lowest BCUT2D eigenvalue weighted by atomic mass is 10.0. The Morgan fingerprint density at radius 2 is 1.89 bits per heavy atom. The molecule has 2 N–H and O–H groups in total. The lowest BCUT2D eigenvalue weighted by molar-refractivity contribution is -0.140. The molecular formula is C12H23NO5. The van der Waals surface area contributed by atoms with E-state index >= 15 is 0 Å². The number of rotatable bonds is 6. The van der Waals surface area contributed by atoms with Crippen molar-refractivity contribution in [2.24, 2.45) is 5.92 Å². The van der Waals surface area contributed by atoms with Gasteiger partial charge in [-0.05, 0) is 33.1 Å². The van der Waals surface area contributed by atoms with Gasteiger partial charge in [-0.3, -0.25) is 0 Å². The van der Waals surface area contributed by atoms with E-state index in [1.807, 2.05) is 6.92 Å². The number of carboxylic acids is 1. The summed E-state index contributed by atoms with van der Waals surface area (Å²) in [7, 11) is 1.55. The van der Waals surface area contributed by atoms with Crippen molar-refractivity contribution in [3.8, 4) is 0 Å². The maximum Gasteiger partial charge on any atom is 0.408 e. The van der Waals surface area contributed by atoms with Crippen LogP contribution in [-0.4, -0.2) is 42.5 Å². The van der Waals surface area contributed by atoms with Crippen LogP contribution in [0.4, 0.5) is 4.79 Å². The van der Waals surface area contributed by atoms with E-state index in [0.29, 0.717) is 13.0 Å². The molecule has 2 atom stereocenters. The van der Waals surface area contributed by atoms with Crippen LogP contribution in [0.1, 0.15) is 34.1 Å². The largest absolute Gasteiger partial charge is 0.480 e. The van der Waals surface area contributed by atoms with Crippen molar-refractivity contribution in [3.05, 3.63) is 0 Å². The van der Waals surface area contributed by atoms with Gasteiger partial charge in [-0.15, -0.1) is 0 Å². The lowest BCUT2D eigenvalue weighted by Gasteiger charge is -2.23. The Balaban J connectivity index is 4.36. The molecule has 0 bridgehead atoms. The fourth-order valence-electron chi connectivity index (χ4n) is 1.43. The quantitative estimate of drug-likeness (QED) is 0.759. The number of nitrogens with one attached hydrogen (secondary N) is 1. The second-order valence-corrected chi connectivity index (χ2v) is 5.33. The zero-order valence-electron chi connectivity index (χ0n) is 11.6. The first-order chi connectivity index (χ1) is 8.15. The van der Waals surface area contributed by atoms with Crippen LogP contribution in [0.3, 0.4) is 0 Å². The van der Waals surface area contributed by atoms with Crippen molar-refractivity contribution >= 4 is 12.1 Å². The van der Waals surface area contributed by atoms with Crippen LogP contribution in [0.25, 0.3) is 0 Å². The normalized spacial score (nSPS) is 14.7. The van der Waals surface area contributed by atoms with Gasteiger partial charge in [0, 0.05) is 13.7 Å². The van der Waals surface area contributed by atoms with Crippen LogP contribution in [0.5, 0.6) is 0 Å². The first kappa shape index (κ1) is 16.7. The number of carbonyl (C=O) groups excluding carboxylic acids is 1.